The molecule has 1 fully saturated rings. The molecule has 188 valence electrons. The van der Waals surface area contributed by atoms with Gasteiger partial charge in [-0.1, -0.05) is 12.1 Å². The van der Waals surface area contributed by atoms with Gasteiger partial charge in [0, 0.05) is 25.4 Å². The molecule has 1 aromatic rings. The SMILES string of the molecule is CO[C@@]1(NC(=O)C(N)c2ccc(OCC(=O)O)cc2)C(=O)N2C(C(=O)O)=C(COC(C)=O)CS[C@H]21. The number of fused-ring (bicyclic) bond motifs is 1. The topological polar surface area (TPSA) is 195 Å². The molecule has 0 aromatic heterocycles. The summed E-state index contributed by atoms with van der Waals surface area (Å²) >= 11 is 1.14. The maximum absolute atomic E-state index is 13.1. The Morgan fingerprint density at radius 1 is 1.26 bits per heavy atom. The number of β-lactam (4-membered cyclic amide) rings is 1. The smallest absolute Gasteiger partial charge is 0.352 e. The quantitative estimate of drug-likeness (QED) is 0.178. The van der Waals surface area contributed by atoms with Gasteiger partial charge in [0.15, 0.2) is 6.61 Å². The standard InChI is InChI=1S/C21H23N3O10S/c1-10(25)33-7-12-9-35-20-21(32-2,19(31)24(20)16(12)18(29)30)23-17(28)15(22)11-3-5-13(6-4-11)34-8-14(26)27/h3-6,15,20H,7-9,22H2,1-2H3,(H,23,28)(H,26,27)(H,29,30)/t15?,20-,21-/m0/s1. The summed E-state index contributed by atoms with van der Waals surface area (Å²) in [6.45, 7) is 0.360. The van der Waals surface area contributed by atoms with E-state index < -0.39 is 53.5 Å². The number of benzene rings is 1. The van der Waals surface area contributed by atoms with E-state index in [0.29, 0.717) is 5.56 Å². The lowest BCUT2D eigenvalue weighted by Gasteiger charge is -2.55. The maximum Gasteiger partial charge on any atom is 0.352 e. The number of rotatable bonds is 10. The van der Waals surface area contributed by atoms with Gasteiger partial charge in [-0.05, 0) is 17.7 Å². The van der Waals surface area contributed by atoms with Gasteiger partial charge in [-0.3, -0.25) is 19.3 Å². The second kappa shape index (κ2) is 10.3. The Morgan fingerprint density at radius 2 is 1.91 bits per heavy atom. The first-order chi connectivity index (χ1) is 16.5. The number of amides is 2. The van der Waals surface area contributed by atoms with Crippen LogP contribution in [0.2, 0.25) is 0 Å². The van der Waals surface area contributed by atoms with Crippen LogP contribution in [0.1, 0.15) is 18.5 Å². The zero-order valence-corrected chi connectivity index (χ0v) is 19.5. The molecular formula is C21H23N3O10S. The van der Waals surface area contributed by atoms with Crippen LogP contribution in [0.3, 0.4) is 0 Å². The van der Waals surface area contributed by atoms with Crippen molar-refractivity contribution in [2.24, 2.45) is 5.73 Å². The van der Waals surface area contributed by atoms with Crippen LogP contribution in [-0.4, -0.2) is 82.0 Å². The molecule has 1 aromatic carbocycles. The highest BCUT2D eigenvalue weighted by Crippen LogP contribution is 2.46. The molecule has 0 saturated carbocycles. The third-order valence-corrected chi connectivity index (χ3v) is 6.65. The van der Waals surface area contributed by atoms with Crippen molar-refractivity contribution in [1.29, 1.82) is 0 Å². The van der Waals surface area contributed by atoms with Gasteiger partial charge in [-0.25, -0.2) is 9.59 Å². The van der Waals surface area contributed by atoms with Crippen LogP contribution >= 0.6 is 11.8 Å². The summed E-state index contributed by atoms with van der Waals surface area (Å²) in [6, 6.07) is 4.61. The number of thioether (sulfide) groups is 1. The van der Waals surface area contributed by atoms with E-state index in [-0.39, 0.29) is 29.4 Å². The number of ether oxygens (including phenoxy) is 3. The van der Waals surface area contributed by atoms with Crippen molar-refractivity contribution in [2.75, 3.05) is 26.1 Å². The number of hydrogen-bond donors (Lipinski definition) is 4. The molecule has 1 saturated heterocycles. The molecule has 0 bridgehead atoms. The number of nitrogens with two attached hydrogens (primary N) is 1. The van der Waals surface area contributed by atoms with Crippen molar-refractivity contribution in [2.45, 2.75) is 24.1 Å². The number of carbonyl (C=O) groups is 5. The van der Waals surface area contributed by atoms with E-state index >= 15 is 0 Å². The number of carbonyl (C=O) groups excluding carboxylic acids is 3. The fourth-order valence-electron chi connectivity index (χ4n) is 3.57. The van der Waals surface area contributed by atoms with E-state index in [0.717, 1.165) is 16.7 Å². The number of aliphatic carboxylic acids is 2. The molecule has 2 heterocycles. The highest BCUT2D eigenvalue weighted by molar-refractivity contribution is 8.00. The van der Waals surface area contributed by atoms with E-state index in [9.17, 15) is 29.1 Å². The van der Waals surface area contributed by atoms with Crippen molar-refractivity contribution in [3.63, 3.8) is 0 Å². The van der Waals surface area contributed by atoms with Gasteiger partial charge in [0.25, 0.3) is 11.6 Å². The van der Waals surface area contributed by atoms with Crippen LogP contribution < -0.4 is 15.8 Å². The minimum Gasteiger partial charge on any atom is -0.482 e. The van der Waals surface area contributed by atoms with Crippen molar-refractivity contribution >= 4 is 41.5 Å². The summed E-state index contributed by atoms with van der Waals surface area (Å²) in [5, 5.41) is 19.9. The Labute approximate surface area is 203 Å². The molecule has 35 heavy (non-hydrogen) atoms. The average Bonchev–Trinajstić information content (AvgIpc) is 2.83. The second-order valence-electron chi connectivity index (χ2n) is 7.53. The van der Waals surface area contributed by atoms with Crippen LogP contribution in [0.4, 0.5) is 0 Å². The first-order valence-electron chi connectivity index (χ1n) is 10.1. The van der Waals surface area contributed by atoms with Gasteiger partial charge in [0.2, 0.25) is 5.91 Å². The average molecular weight is 509 g/mol. The molecule has 2 aliphatic heterocycles. The lowest BCUT2D eigenvalue weighted by atomic mass is 9.97. The van der Waals surface area contributed by atoms with E-state index in [2.05, 4.69) is 5.32 Å². The lowest BCUT2D eigenvalue weighted by molar-refractivity contribution is -0.192. The Bertz CT molecular complexity index is 1090. The summed E-state index contributed by atoms with van der Waals surface area (Å²) in [6.07, 6.45) is 0. The minimum absolute atomic E-state index is 0.119. The molecule has 0 radical (unpaired) electrons. The molecule has 1 unspecified atom stereocenters. The number of esters is 1. The molecular weight excluding hydrogens is 486 g/mol. The first-order valence-corrected chi connectivity index (χ1v) is 11.2. The predicted molar refractivity (Wildman–Crippen MR) is 119 cm³/mol. The Hall–Kier alpha value is -3.62. The van der Waals surface area contributed by atoms with Crippen LogP contribution in [0.5, 0.6) is 5.75 Å². The zero-order chi connectivity index (χ0) is 25.9. The Balaban J connectivity index is 1.76. The molecule has 0 spiro atoms. The largest absolute Gasteiger partial charge is 0.482 e. The van der Waals surface area contributed by atoms with Crippen LogP contribution in [0, 0.1) is 0 Å². The van der Waals surface area contributed by atoms with E-state index in [1.54, 1.807) is 0 Å². The molecule has 2 amide bonds. The minimum atomic E-state index is -1.85. The van der Waals surface area contributed by atoms with Gasteiger partial charge in [-0.15, -0.1) is 11.8 Å². The lowest BCUT2D eigenvalue weighted by Crippen LogP contribution is -2.81. The second-order valence-corrected chi connectivity index (χ2v) is 8.60. The van der Waals surface area contributed by atoms with E-state index in [1.807, 2.05) is 0 Å². The number of hydrogen-bond acceptors (Lipinski definition) is 10. The Kier molecular flexibility index (Phi) is 7.67. The van der Waals surface area contributed by atoms with Gasteiger partial charge < -0.3 is 35.5 Å². The predicted octanol–water partition coefficient (Wildman–Crippen LogP) is -0.574. The Morgan fingerprint density at radius 3 is 2.46 bits per heavy atom. The van der Waals surface area contributed by atoms with Gasteiger partial charge >= 0.3 is 17.9 Å². The third-order valence-electron chi connectivity index (χ3n) is 5.28. The summed E-state index contributed by atoms with van der Waals surface area (Å²) in [5.41, 5.74) is 4.45. The van der Waals surface area contributed by atoms with Crippen LogP contribution in [0.15, 0.2) is 35.5 Å². The molecule has 5 N–H and O–H groups in total. The zero-order valence-electron chi connectivity index (χ0n) is 18.7. The number of nitrogens with zero attached hydrogens (tertiary/aromatic N) is 1. The summed E-state index contributed by atoms with van der Waals surface area (Å²) in [7, 11) is 1.20. The van der Waals surface area contributed by atoms with Crippen LogP contribution in [-0.2, 0) is 33.4 Å². The van der Waals surface area contributed by atoms with Crippen molar-refractivity contribution in [1.82, 2.24) is 10.2 Å². The molecule has 3 atom stereocenters. The van der Waals surface area contributed by atoms with Crippen molar-refractivity contribution in [3.05, 3.63) is 41.1 Å². The summed E-state index contributed by atoms with van der Waals surface area (Å²) in [4.78, 5) is 60.6. The van der Waals surface area contributed by atoms with Gasteiger partial charge in [-0.2, -0.15) is 0 Å². The highest BCUT2D eigenvalue weighted by Gasteiger charge is 2.66. The fourth-order valence-corrected chi connectivity index (χ4v) is 4.99. The monoisotopic (exact) mass is 509 g/mol. The molecule has 3 rings (SSSR count). The normalized spacial score (nSPS) is 22.0. The highest BCUT2D eigenvalue weighted by atomic mass is 32.2. The summed E-state index contributed by atoms with van der Waals surface area (Å²) in [5.74, 6) is -4.32. The van der Waals surface area contributed by atoms with Gasteiger partial charge in [0.05, 0.1) is 0 Å². The number of nitrogens with one attached hydrogen (secondary N) is 1. The summed E-state index contributed by atoms with van der Waals surface area (Å²) < 4.78 is 15.3. The molecule has 13 nitrogen and oxygen atoms in total. The van der Waals surface area contributed by atoms with E-state index in [1.165, 1.54) is 38.3 Å². The number of carboxylic acids is 2. The molecule has 0 aliphatic carbocycles. The van der Waals surface area contributed by atoms with Gasteiger partial charge in [0.1, 0.15) is 29.5 Å². The maximum atomic E-state index is 13.1. The molecule has 14 heteroatoms. The van der Waals surface area contributed by atoms with Crippen LogP contribution in [0.25, 0.3) is 0 Å². The van der Waals surface area contributed by atoms with Crippen molar-refractivity contribution < 1.29 is 48.4 Å². The third kappa shape index (κ3) is 5.08. The van der Waals surface area contributed by atoms with Crippen molar-refractivity contribution in [3.8, 4) is 5.75 Å². The molecule has 2 aliphatic rings. The first kappa shape index (κ1) is 26.0. The van der Waals surface area contributed by atoms with E-state index in [4.69, 9.17) is 25.1 Å². The number of methoxy groups -OCH3 is 1. The fraction of sp³-hybridized carbons (Fsp3) is 0.381. The number of carboxylic acid groups (broad SMARTS) is 2.